The Balaban J connectivity index is 2.03. The van der Waals surface area contributed by atoms with Crippen molar-refractivity contribution in [1.29, 1.82) is 0 Å². The number of amidine groups is 1. The molecule has 0 saturated heterocycles. The molecule has 0 bridgehead atoms. The second kappa shape index (κ2) is 6.07. The smallest absolute Gasteiger partial charge is 0.123 e. The first kappa shape index (κ1) is 13.2. The van der Waals surface area contributed by atoms with Crippen LogP contribution in [0.15, 0.2) is 59.6 Å². The molecule has 1 heterocycles. The number of rotatable bonds is 3. The number of hydrogen-bond donors (Lipinski definition) is 2. The molecule has 2 aromatic rings. The second-order valence-electron chi connectivity index (χ2n) is 4.71. The van der Waals surface area contributed by atoms with E-state index in [0.29, 0.717) is 0 Å². The zero-order valence-corrected chi connectivity index (χ0v) is 11.8. The van der Waals surface area contributed by atoms with E-state index in [1.54, 1.807) is 0 Å². The number of benzene rings is 2. The van der Waals surface area contributed by atoms with Gasteiger partial charge in [-0.2, -0.15) is 0 Å². The van der Waals surface area contributed by atoms with Gasteiger partial charge in [-0.3, -0.25) is 4.99 Å². The topological polar surface area (TPSA) is 36.4 Å². The summed E-state index contributed by atoms with van der Waals surface area (Å²) >= 11 is 5.99. The molecule has 0 radical (unpaired) electrons. The third kappa shape index (κ3) is 2.84. The van der Waals surface area contributed by atoms with Gasteiger partial charge in [-0.05, 0) is 23.3 Å². The Morgan fingerprint density at radius 3 is 2.30 bits per heavy atom. The molecule has 0 saturated carbocycles. The van der Waals surface area contributed by atoms with Crippen LogP contribution >= 0.6 is 11.6 Å². The molecule has 3 rings (SSSR count). The van der Waals surface area contributed by atoms with Crippen molar-refractivity contribution in [3.8, 4) is 0 Å². The lowest BCUT2D eigenvalue weighted by atomic mass is 9.90. The lowest BCUT2D eigenvalue weighted by Gasteiger charge is -2.24. The highest BCUT2D eigenvalue weighted by atomic mass is 35.5. The highest BCUT2D eigenvalue weighted by Crippen LogP contribution is 2.27. The third-order valence-corrected chi connectivity index (χ3v) is 3.60. The fourth-order valence-corrected chi connectivity index (χ4v) is 2.52. The minimum atomic E-state index is 0.0984. The third-order valence-electron chi connectivity index (χ3n) is 3.35. The molecule has 0 spiro atoms. The lowest BCUT2D eigenvalue weighted by Crippen LogP contribution is -2.45. The van der Waals surface area contributed by atoms with Crippen molar-refractivity contribution in [2.24, 2.45) is 4.99 Å². The van der Waals surface area contributed by atoms with Gasteiger partial charge in [-0.15, -0.1) is 0 Å². The summed E-state index contributed by atoms with van der Waals surface area (Å²) in [4.78, 5) is 4.62. The first-order valence-electron chi connectivity index (χ1n) is 6.68. The Hall–Kier alpha value is -1.84. The van der Waals surface area contributed by atoms with Crippen LogP contribution in [0, 0.1) is 0 Å². The van der Waals surface area contributed by atoms with Crippen LogP contribution < -0.4 is 10.9 Å². The molecule has 2 N–H and O–H groups in total. The van der Waals surface area contributed by atoms with E-state index in [1.807, 2.05) is 18.2 Å². The van der Waals surface area contributed by atoms with Gasteiger partial charge in [-0.25, -0.2) is 5.43 Å². The fraction of sp³-hybridized carbons (Fsp3) is 0.188. The summed E-state index contributed by atoms with van der Waals surface area (Å²) < 4.78 is 0. The highest BCUT2D eigenvalue weighted by molar-refractivity contribution is 6.30. The minimum Gasteiger partial charge on any atom is -0.309 e. The molecular formula is C16H16ClN3. The first-order chi connectivity index (χ1) is 9.84. The maximum absolute atomic E-state index is 5.99. The second-order valence-corrected chi connectivity index (χ2v) is 5.15. The van der Waals surface area contributed by atoms with Gasteiger partial charge in [0, 0.05) is 11.6 Å². The maximum Gasteiger partial charge on any atom is 0.123 e. The minimum absolute atomic E-state index is 0.0984. The Morgan fingerprint density at radius 2 is 1.65 bits per heavy atom. The summed E-state index contributed by atoms with van der Waals surface area (Å²) in [6.07, 6.45) is 0. The van der Waals surface area contributed by atoms with Crippen molar-refractivity contribution in [1.82, 2.24) is 10.9 Å². The summed E-state index contributed by atoms with van der Waals surface area (Å²) in [5.41, 5.74) is 8.75. The highest BCUT2D eigenvalue weighted by Gasteiger charge is 2.21. The summed E-state index contributed by atoms with van der Waals surface area (Å²) in [7, 11) is 0. The first-order valence-corrected chi connectivity index (χ1v) is 7.06. The number of halogens is 1. The van der Waals surface area contributed by atoms with E-state index in [0.717, 1.165) is 23.9 Å². The number of nitrogens with zero attached hydrogens (tertiary/aromatic N) is 1. The van der Waals surface area contributed by atoms with Crippen molar-refractivity contribution in [2.75, 3.05) is 13.1 Å². The quantitative estimate of drug-likeness (QED) is 0.910. The standard InChI is InChI=1S/C16H16ClN3/c17-14-8-6-13(7-9-14)15(12-4-2-1-3-5-12)16-18-10-11-19-20-16/h1-9,15,19H,10-11H2,(H,18,20). The molecule has 0 amide bonds. The van der Waals surface area contributed by atoms with E-state index in [1.165, 1.54) is 11.1 Å². The van der Waals surface area contributed by atoms with E-state index in [2.05, 4.69) is 52.2 Å². The molecule has 0 aliphatic carbocycles. The molecule has 0 fully saturated rings. The molecule has 3 nitrogen and oxygen atoms in total. The average molecular weight is 286 g/mol. The maximum atomic E-state index is 5.99. The molecule has 20 heavy (non-hydrogen) atoms. The SMILES string of the molecule is Clc1ccc(C(C2=NCCNN2)c2ccccc2)cc1. The Morgan fingerprint density at radius 1 is 0.950 bits per heavy atom. The zero-order chi connectivity index (χ0) is 13.8. The van der Waals surface area contributed by atoms with Crippen molar-refractivity contribution < 1.29 is 0 Å². The van der Waals surface area contributed by atoms with Crippen molar-refractivity contribution in [3.63, 3.8) is 0 Å². The predicted octanol–water partition coefficient (Wildman–Crippen LogP) is 2.98. The molecule has 1 unspecified atom stereocenters. The Kier molecular flexibility index (Phi) is 4.00. The van der Waals surface area contributed by atoms with Crippen LogP contribution in [0.2, 0.25) is 5.02 Å². The molecule has 1 aliphatic rings. The van der Waals surface area contributed by atoms with E-state index in [-0.39, 0.29) is 5.92 Å². The van der Waals surface area contributed by atoms with E-state index in [9.17, 15) is 0 Å². The molecular weight excluding hydrogens is 270 g/mol. The molecule has 4 heteroatoms. The van der Waals surface area contributed by atoms with Gasteiger partial charge >= 0.3 is 0 Å². The number of nitrogens with one attached hydrogen (secondary N) is 2. The van der Waals surface area contributed by atoms with Gasteiger partial charge in [0.1, 0.15) is 5.84 Å². The van der Waals surface area contributed by atoms with Crippen LogP contribution in [0.5, 0.6) is 0 Å². The van der Waals surface area contributed by atoms with Crippen molar-refractivity contribution in [3.05, 3.63) is 70.7 Å². The van der Waals surface area contributed by atoms with E-state index >= 15 is 0 Å². The Bertz CT molecular complexity index is 593. The van der Waals surface area contributed by atoms with Crippen LogP contribution in [0.4, 0.5) is 0 Å². The average Bonchev–Trinajstić information content (AvgIpc) is 2.52. The van der Waals surface area contributed by atoms with Gasteiger partial charge in [0.2, 0.25) is 0 Å². The molecule has 2 aromatic carbocycles. The van der Waals surface area contributed by atoms with Crippen LogP contribution in [0.3, 0.4) is 0 Å². The Labute approximate surface area is 123 Å². The van der Waals surface area contributed by atoms with Gasteiger partial charge in [0.05, 0.1) is 12.5 Å². The number of hydrogen-bond acceptors (Lipinski definition) is 3. The van der Waals surface area contributed by atoms with Crippen LogP contribution in [-0.2, 0) is 0 Å². The molecule has 1 atom stereocenters. The largest absolute Gasteiger partial charge is 0.309 e. The fourth-order valence-electron chi connectivity index (χ4n) is 2.40. The van der Waals surface area contributed by atoms with Crippen LogP contribution in [0.25, 0.3) is 0 Å². The summed E-state index contributed by atoms with van der Waals surface area (Å²) in [6, 6.07) is 18.3. The lowest BCUT2D eigenvalue weighted by molar-refractivity contribution is 0.612. The monoisotopic (exact) mass is 285 g/mol. The number of hydrazine groups is 1. The van der Waals surface area contributed by atoms with Crippen LogP contribution in [-0.4, -0.2) is 18.9 Å². The number of aliphatic imine (C=N–C) groups is 1. The molecule has 1 aliphatic heterocycles. The van der Waals surface area contributed by atoms with Crippen molar-refractivity contribution in [2.45, 2.75) is 5.92 Å². The summed E-state index contributed by atoms with van der Waals surface area (Å²) in [5, 5.41) is 0.747. The van der Waals surface area contributed by atoms with Gasteiger partial charge in [0.25, 0.3) is 0 Å². The van der Waals surface area contributed by atoms with Gasteiger partial charge in [0.15, 0.2) is 0 Å². The predicted molar refractivity (Wildman–Crippen MR) is 83.2 cm³/mol. The summed E-state index contributed by atoms with van der Waals surface area (Å²) in [5.74, 6) is 1.05. The van der Waals surface area contributed by atoms with Crippen LogP contribution in [0.1, 0.15) is 17.0 Å². The van der Waals surface area contributed by atoms with Crippen molar-refractivity contribution >= 4 is 17.4 Å². The van der Waals surface area contributed by atoms with Gasteiger partial charge < -0.3 is 5.43 Å². The summed E-state index contributed by atoms with van der Waals surface area (Å²) in [6.45, 7) is 1.64. The van der Waals surface area contributed by atoms with E-state index < -0.39 is 0 Å². The van der Waals surface area contributed by atoms with E-state index in [4.69, 9.17) is 11.6 Å². The molecule has 0 aromatic heterocycles. The van der Waals surface area contributed by atoms with Gasteiger partial charge in [-0.1, -0.05) is 54.1 Å². The molecule has 102 valence electrons. The zero-order valence-electron chi connectivity index (χ0n) is 11.0. The normalized spacial score (nSPS) is 16.1.